The molecule has 0 aliphatic carbocycles. The third kappa shape index (κ3) is 6.32. The van der Waals surface area contributed by atoms with Crippen LogP contribution in [-0.4, -0.2) is 42.2 Å². The Kier molecular flexibility index (Phi) is 7.22. The summed E-state index contributed by atoms with van der Waals surface area (Å²) in [6, 6.07) is 8.37. The maximum Gasteiger partial charge on any atom is 0.322 e. The number of para-hydroxylation sites is 2. The molecule has 0 aliphatic rings. The number of nitrogens with zero attached hydrogens (tertiary/aromatic N) is 2. The zero-order valence-electron chi connectivity index (χ0n) is 16.1. The summed E-state index contributed by atoms with van der Waals surface area (Å²) >= 11 is 0. The van der Waals surface area contributed by atoms with E-state index in [4.69, 9.17) is 9.26 Å². The fourth-order valence-corrected chi connectivity index (χ4v) is 2.39. The molecule has 0 saturated heterocycles. The molecule has 0 fully saturated rings. The molecule has 27 heavy (non-hydrogen) atoms. The maximum absolute atomic E-state index is 12.7. The Labute approximate surface area is 158 Å². The van der Waals surface area contributed by atoms with Gasteiger partial charge in [0.05, 0.1) is 12.8 Å². The third-order valence-corrected chi connectivity index (χ3v) is 3.84. The SMILES string of the molecule is COc1ccccc1NC(=O)N(CCC(C)C)CC(=O)Nc1cc(C)on1. The molecular formula is C19H26N4O4. The summed E-state index contributed by atoms with van der Waals surface area (Å²) in [5, 5.41) is 9.17. The maximum atomic E-state index is 12.7. The fourth-order valence-electron chi connectivity index (χ4n) is 2.39. The van der Waals surface area contributed by atoms with Crippen LogP contribution in [0.15, 0.2) is 34.9 Å². The van der Waals surface area contributed by atoms with Crippen molar-refractivity contribution >= 4 is 23.4 Å². The highest BCUT2D eigenvalue weighted by Gasteiger charge is 2.19. The number of nitrogens with one attached hydrogen (secondary N) is 2. The molecule has 8 heteroatoms. The van der Waals surface area contributed by atoms with E-state index in [1.54, 1.807) is 31.2 Å². The largest absolute Gasteiger partial charge is 0.495 e. The zero-order valence-corrected chi connectivity index (χ0v) is 16.1. The van der Waals surface area contributed by atoms with Gasteiger partial charge in [-0.3, -0.25) is 4.79 Å². The number of aromatic nitrogens is 1. The monoisotopic (exact) mass is 374 g/mol. The van der Waals surface area contributed by atoms with Gasteiger partial charge in [0.15, 0.2) is 5.82 Å². The summed E-state index contributed by atoms with van der Waals surface area (Å²) in [4.78, 5) is 26.5. The number of hydrogen-bond donors (Lipinski definition) is 2. The van der Waals surface area contributed by atoms with Crippen LogP contribution in [-0.2, 0) is 4.79 Å². The number of methoxy groups -OCH3 is 1. The molecule has 146 valence electrons. The first kappa shape index (κ1) is 20.3. The Morgan fingerprint density at radius 1 is 1.26 bits per heavy atom. The van der Waals surface area contributed by atoms with Crippen LogP contribution in [0.5, 0.6) is 5.75 Å². The van der Waals surface area contributed by atoms with E-state index in [2.05, 4.69) is 29.6 Å². The average molecular weight is 374 g/mol. The predicted molar refractivity (Wildman–Crippen MR) is 103 cm³/mol. The van der Waals surface area contributed by atoms with E-state index in [0.29, 0.717) is 35.5 Å². The molecule has 0 spiro atoms. The highest BCUT2D eigenvalue weighted by molar-refractivity contribution is 5.97. The number of carbonyl (C=O) groups excluding carboxylic acids is 2. The quantitative estimate of drug-likeness (QED) is 0.737. The van der Waals surface area contributed by atoms with Gasteiger partial charge < -0.3 is 24.8 Å². The molecule has 2 N–H and O–H groups in total. The van der Waals surface area contributed by atoms with Crippen LogP contribution >= 0.6 is 0 Å². The van der Waals surface area contributed by atoms with Crippen LogP contribution in [0.1, 0.15) is 26.0 Å². The van der Waals surface area contributed by atoms with Gasteiger partial charge in [-0.1, -0.05) is 31.1 Å². The normalized spacial score (nSPS) is 10.6. The molecule has 0 radical (unpaired) electrons. The second-order valence-corrected chi connectivity index (χ2v) is 6.61. The Morgan fingerprint density at radius 3 is 2.63 bits per heavy atom. The van der Waals surface area contributed by atoms with Crippen molar-refractivity contribution < 1.29 is 18.8 Å². The number of benzene rings is 1. The molecule has 1 heterocycles. The van der Waals surface area contributed by atoms with Gasteiger partial charge in [-0.2, -0.15) is 0 Å². The molecule has 8 nitrogen and oxygen atoms in total. The van der Waals surface area contributed by atoms with Gasteiger partial charge in [0, 0.05) is 12.6 Å². The Morgan fingerprint density at radius 2 is 2.00 bits per heavy atom. The number of carbonyl (C=O) groups is 2. The molecular weight excluding hydrogens is 348 g/mol. The van der Waals surface area contributed by atoms with Crippen LogP contribution < -0.4 is 15.4 Å². The lowest BCUT2D eigenvalue weighted by atomic mass is 10.1. The van der Waals surface area contributed by atoms with Crippen molar-refractivity contribution in [2.24, 2.45) is 5.92 Å². The minimum absolute atomic E-state index is 0.0976. The minimum Gasteiger partial charge on any atom is -0.495 e. The first-order valence-electron chi connectivity index (χ1n) is 8.81. The van der Waals surface area contributed by atoms with Gasteiger partial charge >= 0.3 is 6.03 Å². The first-order valence-corrected chi connectivity index (χ1v) is 8.81. The molecule has 2 aromatic rings. The Hall–Kier alpha value is -3.03. The lowest BCUT2D eigenvalue weighted by molar-refractivity contribution is -0.116. The number of amides is 3. The number of urea groups is 1. The van der Waals surface area contributed by atoms with E-state index in [1.165, 1.54) is 12.0 Å². The van der Waals surface area contributed by atoms with Gasteiger partial charge in [-0.05, 0) is 31.4 Å². The summed E-state index contributed by atoms with van der Waals surface area (Å²) in [7, 11) is 1.54. The summed E-state index contributed by atoms with van der Waals surface area (Å²) in [5.74, 6) is 1.52. The van der Waals surface area contributed by atoms with Gasteiger partial charge in [0.1, 0.15) is 18.1 Å². The fraction of sp³-hybridized carbons (Fsp3) is 0.421. The van der Waals surface area contributed by atoms with E-state index in [9.17, 15) is 9.59 Å². The lowest BCUT2D eigenvalue weighted by Gasteiger charge is -2.23. The second-order valence-electron chi connectivity index (χ2n) is 6.61. The predicted octanol–water partition coefficient (Wildman–Crippen LogP) is 3.51. The molecule has 0 saturated carbocycles. The number of ether oxygens (including phenoxy) is 1. The molecule has 2 rings (SSSR count). The summed E-state index contributed by atoms with van der Waals surface area (Å²) in [6.45, 7) is 6.21. The smallest absolute Gasteiger partial charge is 0.322 e. The van der Waals surface area contributed by atoms with Gasteiger partial charge in [0.2, 0.25) is 5.91 Å². The van der Waals surface area contributed by atoms with Crippen molar-refractivity contribution in [1.29, 1.82) is 0 Å². The number of anilines is 2. The summed E-state index contributed by atoms with van der Waals surface area (Å²) in [5.41, 5.74) is 0.548. The lowest BCUT2D eigenvalue weighted by Crippen LogP contribution is -2.41. The summed E-state index contributed by atoms with van der Waals surface area (Å²) in [6.07, 6.45) is 0.774. The minimum atomic E-state index is -0.369. The van der Waals surface area contributed by atoms with E-state index < -0.39 is 0 Å². The standard InChI is InChI=1S/C19H26N4O4/c1-13(2)9-10-23(12-18(24)21-17-11-14(3)27-22-17)19(25)20-15-7-5-6-8-16(15)26-4/h5-8,11,13H,9-10,12H2,1-4H3,(H,20,25)(H,21,22,24). The molecule has 1 aromatic heterocycles. The molecule has 0 unspecified atom stereocenters. The van der Waals surface area contributed by atoms with Crippen molar-refractivity contribution in [3.8, 4) is 5.75 Å². The van der Waals surface area contributed by atoms with Crippen LogP contribution in [0.2, 0.25) is 0 Å². The number of rotatable bonds is 8. The first-order chi connectivity index (χ1) is 12.9. The van der Waals surface area contributed by atoms with Gasteiger partial charge in [-0.25, -0.2) is 4.79 Å². The van der Waals surface area contributed by atoms with Gasteiger partial charge in [0.25, 0.3) is 0 Å². The zero-order chi connectivity index (χ0) is 19.8. The topological polar surface area (TPSA) is 96.7 Å². The number of hydrogen-bond acceptors (Lipinski definition) is 5. The van der Waals surface area contributed by atoms with E-state index in [-0.39, 0.29) is 18.5 Å². The average Bonchev–Trinajstić information content (AvgIpc) is 3.03. The van der Waals surface area contributed by atoms with Crippen LogP contribution in [0, 0.1) is 12.8 Å². The van der Waals surface area contributed by atoms with E-state index in [1.807, 2.05) is 6.07 Å². The molecule has 3 amide bonds. The molecule has 0 bridgehead atoms. The van der Waals surface area contributed by atoms with Gasteiger partial charge in [-0.15, -0.1) is 0 Å². The third-order valence-electron chi connectivity index (χ3n) is 3.84. The van der Waals surface area contributed by atoms with Crippen LogP contribution in [0.4, 0.5) is 16.3 Å². The number of aryl methyl sites for hydroxylation is 1. The highest BCUT2D eigenvalue weighted by Crippen LogP contribution is 2.23. The van der Waals surface area contributed by atoms with E-state index in [0.717, 1.165) is 6.42 Å². The molecule has 0 atom stereocenters. The second kappa shape index (κ2) is 9.61. The van der Waals surface area contributed by atoms with Crippen molar-refractivity contribution in [3.05, 3.63) is 36.1 Å². The van der Waals surface area contributed by atoms with Crippen molar-refractivity contribution in [1.82, 2.24) is 10.1 Å². The van der Waals surface area contributed by atoms with Crippen LogP contribution in [0.3, 0.4) is 0 Å². The summed E-state index contributed by atoms with van der Waals surface area (Å²) < 4.78 is 10.2. The van der Waals surface area contributed by atoms with Crippen molar-refractivity contribution in [2.75, 3.05) is 30.8 Å². The Bertz CT molecular complexity index is 773. The Balaban J connectivity index is 2.05. The van der Waals surface area contributed by atoms with Crippen LogP contribution in [0.25, 0.3) is 0 Å². The van der Waals surface area contributed by atoms with Crippen molar-refractivity contribution in [2.45, 2.75) is 27.2 Å². The highest BCUT2D eigenvalue weighted by atomic mass is 16.5. The molecule has 0 aliphatic heterocycles. The van der Waals surface area contributed by atoms with E-state index >= 15 is 0 Å². The van der Waals surface area contributed by atoms with Crippen molar-refractivity contribution in [3.63, 3.8) is 0 Å². The molecule has 1 aromatic carbocycles.